The molecule has 0 saturated heterocycles. The average Bonchev–Trinajstić information content (AvgIpc) is 2.25. The van der Waals surface area contributed by atoms with Crippen LogP contribution in [-0.4, -0.2) is 10.4 Å². The molecular weight excluding hydrogens is 264 g/mol. The fraction of sp³-hybridized carbons (Fsp3) is 0.647. The number of benzene rings is 1. The van der Waals surface area contributed by atoms with Crippen LogP contribution in [0.15, 0.2) is 39.4 Å². The highest BCUT2D eigenvalue weighted by Gasteiger charge is 2.21. The smallest absolute Gasteiger partial charge is 0.125 e. The first-order valence-corrected chi connectivity index (χ1v) is 7.94. The SMILES string of the molecule is CC(C)(C)N=NC(C)(C)Sc1ccc(C(C)(C)C)cc1. The van der Waals surface area contributed by atoms with Crippen LogP contribution in [0.4, 0.5) is 0 Å². The lowest BCUT2D eigenvalue weighted by atomic mass is 9.87. The van der Waals surface area contributed by atoms with Crippen LogP contribution >= 0.6 is 11.8 Å². The first-order chi connectivity index (χ1) is 8.89. The molecule has 0 fully saturated rings. The summed E-state index contributed by atoms with van der Waals surface area (Å²) < 4.78 is 0. The molecule has 0 aliphatic rings. The maximum absolute atomic E-state index is 4.48. The second kappa shape index (κ2) is 5.88. The third kappa shape index (κ3) is 6.08. The van der Waals surface area contributed by atoms with Gasteiger partial charge in [0.05, 0.1) is 5.54 Å². The van der Waals surface area contributed by atoms with Crippen LogP contribution in [0, 0.1) is 0 Å². The van der Waals surface area contributed by atoms with Gasteiger partial charge in [-0.2, -0.15) is 10.2 Å². The number of hydrogen-bond donors (Lipinski definition) is 0. The molecule has 112 valence electrons. The molecule has 0 aliphatic carbocycles. The van der Waals surface area contributed by atoms with E-state index in [1.54, 1.807) is 11.8 Å². The summed E-state index contributed by atoms with van der Waals surface area (Å²) in [6, 6.07) is 8.78. The molecule has 0 unspecified atom stereocenters. The molecule has 20 heavy (non-hydrogen) atoms. The number of hydrogen-bond acceptors (Lipinski definition) is 3. The summed E-state index contributed by atoms with van der Waals surface area (Å²) in [5.74, 6) is 0. The molecule has 0 saturated carbocycles. The molecule has 0 heterocycles. The van der Waals surface area contributed by atoms with Crippen molar-refractivity contribution >= 4 is 11.8 Å². The summed E-state index contributed by atoms with van der Waals surface area (Å²) in [6.45, 7) is 17.1. The minimum atomic E-state index is -0.240. The molecule has 0 atom stereocenters. The van der Waals surface area contributed by atoms with Crippen molar-refractivity contribution in [3.8, 4) is 0 Å². The van der Waals surface area contributed by atoms with Crippen molar-refractivity contribution in [1.29, 1.82) is 0 Å². The first-order valence-electron chi connectivity index (χ1n) is 7.13. The molecule has 0 aliphatic heterocycles. The van der Waals surface area contributed by atoms with Gasteiger partial charge in [-0.25, -0.2) is 0 Å². The van der Waals surface area contributed by atoms with Gasteiger partial charge in [0, 0.05) is 4.90 Å². The van der Waals surface area contributed by atoms with E-state index in [1.807, 2.05) is 0 Å². The van der Waals surface area contributed by atoms with Crippen molar-refractivity contribution in [1.82, 2.24) is 0 Å². The van der Waals surface area contributed by atoms with E-state index in [9.17, 15) is 0 Å². The van der Waals surface area contributed by atoms with E-state index in [0.717, 1.165) is 0 Å². The Bertz CT molecular complexity index is 459. The molecule has 0 amide bonds. The molecule has 3 heteroatoms. The van der Waals surface area contributed by atoms with Crippen molar-refractivity contribution in [2.45, 2.75) is 76.1 Å². The predicted octanol–water partition coefficient (Wildman–Crippen LogP) is 6.06. The van der Waals surface area contributed by atoms with Crippen molar-refractivity contribution < 1.29 is 0 Å². The number of nitrogens with zero attached hydrogens (tertiary/aromatic N) is 2. The van der Waals surface area contributed by atoms with Gasteiger partial charge in [0.15, 0.2) is 0 Å². The molecule has 1 rings (SSSR count). The largest absolute Gasteiger partial charge is 0.187 e. The molecule has 1 aromatic rings. The van der Waals surface area contributed by atoms with Gasteiger partial charge in [-0.1, -0.05) is 44.7 Å². The van der Waals surface area contributed by atoms with Crippen LogP contribution in [0.3, 0.4) is 0 Å². The molecule has 2 nitrogen and oxygen atoms in total. The van der Waals surface area contributed by atoms with Gasteiger partial charge in [0.25, 0.3) is 0 Å². The molecular formula is C17H28N2S. The fourth-order valence-corrected chi connectivity index (χ4v) is 2.53. The highest BCUT2D eigenvalue weighted by Crippen LogP contribution is 2.35. The van der Waals surface area contributed by atoms with Crippen molar-refractivity contribution in [3.63, 3.8) is 0 Å². The van der Waals surface area contributed by atoms with E-state index < -0.39 is 0 Å². The topological polar surface area (TPSA) is 24.7 Å². The Hall–Kier alpha value is -0.830. The Labute approximate surface area is 128 Å². The van der Waals surface area contributed by atoms with Crippen LogP contribution in [0.1, 0.15) is 61.0 Å². The average molecular weight is 292 g/mol. The van der Waals surface area contributed by atoms with Gasteiger partial charge in [-0.3, -0.25) is 0 Å². The summed E-state index contributed by atoms with van der Waals surface area (Å²) in [4.78, 5) is 0.993. The molecule has 0 N–H and O–H groups in total. The van der Waals surface area contributed by atoms with Crippen LogP contribution in [0.25, 0.3) is 0 Å². The first kappa shape index (κ1) is 17.2. The molecule has 1 aromatic carbocycles. The van der Waals surface area contributed by atoms with Crippen LogP contribution in [0.2, 0.25) is 0 Å². The minimum Gasteiger partial charge on any atom is -0.187 e. The van der Waals surface area contributed by atoms with Crippen LogP contribution in [-0.2, 0) is 5.41 Å². The summed E-state index contributed by atoms with van der Waals surface area (Å²) in [5.41, 5.74) is 1.44. The third-order valence-corrected chi connectivity index (χ3v) is 3.77. The normalized spacial score (nSPS) is 14.0. The van der Waals surface area contributed by atoms with Gasteiger partial charge < -0.3 is 0 Å². The Balaban J connectivity index is 2.80. The molecule has 0 aromatic heterocycles. The quantitative estimate of drug-likeness (QED) is 0.490. The van der Waals surface area contributed by atoms with E-state index in [2.05, 4.69) is 89.9 Å². The minimum absolute atomic E-state index is 0.117. The van der Waals surface area contributed by atoms with Crippen molar-refractivity contribution in [2.24, 2.45) is 10.2 Å². The molecule has 0 radical (unpaired) electrons. The highest BCUT2D eigenvalue weighted by atomic mass is 32.2. The number of azo groups is 1. The monoisotopic (exact) mass is 292 g/mol. The van der Waals surface area contributed by atoms with Gasteiger partial charge in [0.2, 0.25) is 0 Å². The summed E-state index contributed by atoms with van der Waals surface area (Å²) >= 11 is 1.75. The van der Waals surface area contributed by atoms with Crippen molar-refractivity contribution in [2.75, 3.05) is 0 Å². The lowest BCUT2D eigenvalue weighted by molar-refractivity contribution is 0.513. The van der Waals surface area contributed by atoms with E-state index in [-0.39, 0.29) is 15.8 Å². The molecule has 0 bridgehead atoms. The van der Waals surface area contributed by atoms with Crippen molar-refractivity contribution in [3.05, 3.63) is 29.8 Å². The Morgan fingerprint density at radius 3 is 1.65 bits per heavy atom. The zero-order chi connectivity index (χ0) is 15.6. The lowest BCUT2D eigenvalue weighted by Crippen LogP contribution is -2.15. The van der Waals surface area contributed by atoms with Gasteiger partial charge in [-0.05, 0) is 57.7 Å². The Morgan fingerprint density at radius 1 is 0.750 bits per heavy atom. The molecule has 0 spiro atoms. The third-order valence-electron chi connectivity index (χ3n) is 2.68. The zero-order valence-corrected chi connectivity index (χ0v) is 14.9. The zero-order valence-electron chi connectivity index (χ0n) is 14.1. The summed E-state index contributed by atoms with van der Waals surface area (Å²) in [6.07, 6.45) is 0. The maximum Gasteiger partial charge on any atom is 0.125 e. The highest BCUT2D eigenvalue weighted by molar-refractivity contribution is 8.00. The summed E-state index contributed by atoms with van der Waals surface area (Å²) in [7, 11) is 0. The van der Waals surface area contributed by atoms with Crippen LogP contribution < -0.4 is 0 Å². The van der Waals surface area contributed by atoms with E-state index in [4.69, 9.17) is 0 Å². The number of thioether (sulfide) groups is 1. The standard InChI is InChI=1S/C17H28N2S/c1-15(2,3)13-9-11-14(12-10-13)20-17(7,8)19-18-16(4,5)6/h9-12H,1-8H3. The second-order valence-electron chi connectivity index (χ2n) is 7.69. The Kier molecular flexibility index (Phi) is 5.07. The Morgan fingerprint density at radius 2 is 1.25 bits per heavy atom. The fourth-order valence-electron chi connectivity index (χ4n) is 1.60. The lowest BCUT2D eigenvalue weighted by Gasteiger charge is -2.22. The van der Waals surface area contributed by atoms with Gasteiger partial charge in [-0.15, -0.1) is 0 Å². The maximum atomic E-state index is 4.48. The van der Waals surface area contributed by atoms with Gasteiger partial charge >= 0.3 is 0 Å². The number of rotatable bonds is 3. The predicted molar refractivity (Wildman–Crippen MR) is 89.7 cm³/mol. The van der Waals surface area contributed by atoms with Crippen LogP contribution in [0.5, 0.6) is 0 Å². The van der Waals surface area contributed by atoms with Gasteiger partial charge in [0.1, 0.15) is 4.87 Å². The second-order valence-corrected chi connectivity index (χ2v) is 9.37. The van der Waals surface area contributed by atoms with E-state index in [0.29, 0.717) is 0 Å². The van der Waals surface area contributed by atoms with E-state index >= 15 is 0 Å². The van der Waals surface area contributed by atoms with E-state index in [1.165, 1.54) is 10.5 Å². The summed E-state index contributed by atoms with van der Waals surface area (Å²) in [5, 5.41) is 8.87.